The van der Waals surface area contributed by atoms with E-state index in [0.717, 1.165) is 19.3 Å². The highest BCUT2D eigenvalue weighted by Crippen LogP contribution is 2.35. The van der Waals surface area contributed by atoms with Crippen LogP contribution in [0.2, 0.25) is 0 Å². The molecule has 1 unspecified atom stereocenters. The first-order valence-electron chi connectivity index (χ1n) is 8.70. The molecule has 0 bridgehead atoms. The predicted molar refractivity (Wildman–Crippen MR) is 116 cm³/mol. The van der Waals surface area contributed by atoms with Crippen molar-refractivity contribution >= 4 is 63.3 Å². The SMILES string of the molecule is NC(=O)OCC1(COC(N)=O)CNC2(CCCCC2OC(=O)C(N)(I)I)NC1. The van der Waals surface area contributed by atoms with Gasteiger partial charge in [-0.05, 0) is 70.9 Å². The third-order valence-electron chi connectivity index (χ3n) is 4.96. The summed E-state index contributed by atoms with van der Waals surface area (Å²) < 4.78 is 14.4. The second-order valence-corrected chi connectivity index (χ2v) is 12.6. The molecule has 0 aromatic carbocycles. The summed E-state index contributed by atoms with van der Waals surface area (Å²) >= 11 is 3.65. The molecule has 1 saturated carbocycles. The second kappa shape index (κ2) is 9.44. The third-order valence-corrected chi connectivity index (χ3v) is 5.84. The standard InChI is InChI=1S/C15H25I2N5O6/c16-15(17,20)10(23)28-9-3-1-2-4-14(9)21-5-13(6-22-14,7-26-11(18)24)8-27-12(19)25/h9,21-22H,1-8,20H2,(H2,18,24)(H2,19,25). The highest BCUT2D eigenvalue weighted by atomic mass is 127. The molecule has 2 rings (SSSR count). The molecule has 11 nitrogen and oxygen atoms in total. The quantitative estimate of drug-likeness (QED) is 0.0895. The number of esters is 1. The number of carbonyl (C=O) groups excluding carboxylic acids is 3. The molecule has 8 N–H and O–H groups in total. The van der Waals surface area contributed by atoms with Crippen LogP contribution >= 0.6 is 45.2 Å². The maximum atomic E-state index is 12.3. The van der Waals surface area contributed by atoms with Crippen LogP contribution in [-0.2, 0) is 19.0 Å². The van der Waals surface area contributed by atoms with Crippen LogP contribution in [0.15, 0.2) is 0 Å². The van der Waals surface area contributed by atoms with Crippen molar-refractivity contribution in [2.45, 2.75) is 39.0 Å². The van der Waals surface area contributed by atoms with Crippen LogP contribution in [0.25, 0.3) is 0 Å². The molecule has 160 valence electrons. The lowest BCUT2D eigenvalue weighted by molar-refractivity contribution is -0.159. The summed E-state index contributed by atoms with van der Waals surface area (Å²) in [4.78, 5) is 34.4. The largest absolute Gasteiger partial charge is 0.456 e. The van der Waals surface area contributed by atoms with Gasteiger partial charge in [0.2, 0.25) is 1.55 Å². The summed E-state index contributed by atoms with van der Waals surface area (Å²) in [5.74, 6) is -0.505. The lowest BCUT2D eigenvalue weighted by Crippen LogP contribution is -2.74. The van der Waals surface area contributed by atoms with Crippen LogP contribution in [-0.4, -0.2) is 57.8 Å². The summed E-state index contributed by atoms with van der Waals surface area (Å²) in [6, 6.07) is 0. The lowest BCUT2D eigenvalue weighted by atomic mass is 9.79. The zero-order chi connectivity index (χ0) is 21.0. The number of rotatable bonds is 6. The molecule has 1 atom stereocenters. The van der Waals surface area contributed by atoms with Gasteiger partial charge in [-0.1, -0.05) is 0 Å². The number of alkyl halides is 2. The molecule has 2 fully saturated rings. The van der Waals surface area contributed by atoms with E-state index in [-0.39, 0.29) is 13.2 Å². The number of hydrogen-bond acceptors (Lipinski definition) is 9. The monoisotopic (exact) mass is 625 g/mol. The van der Waals surface area contributed by atoms with Gasteiger partial charge in [-0.2, -0.15) is 0 Å². The van der Waals surface area contributed by atoms with Gasteiger partial charge >= 0.3 is 18.2 Å². The van der Waals surface area contributed by atoms with Crippen molar-refractivity contribution in [1.82, 2.24) is 10.6 Å². The van der Waals surface area contributed by atoms with Gasteiger partial charge in [0.1, 0.15) is 25.0 Å². The van der Waals surface area contributed by atoms with Crippen molar-refractivity contribution < 1.29 is 28.6 Å². The van der Waals surface area contributed by atoms with Crippen LogP contribution in [0.4, 0.5) is 9.59 Å². The molecular weight excluding hydrogens is 600 g/mol. The molecule has 0 aromatic rings. The normalized spacial score (nSPS) is 23.6. The maximum Gasteiger partial charge on any atom is 0.404 e. The van der Waals surface area contributed by atoms with Gasteiger partial charge in [0.15, 0.2) is 0 Å². The van der Waals surface area contributed by atoms with Gasteiger partial charge in [0.05, 0.1) is 5.41 Å². The number of carbonyl (C=O) groups is 3. The van der Waals surface area contributed by atoms with E-state index >= 15 is 0 Å². The van der Waals surface area contributed by atoms with E-state index in [1.165, 1.54) is 0 Å². The van der Waals surface area contributed by atoms with E-state index in [0.29, 0.717) is 19.5 Å². The highest BCUT2D eigenvalue weighted by Gasteiger charge is 2.50. The molecule has 2 aliphatic rings. The Morgan fingerprint density at radius 1 is 1.04 bits per heavy atom. The van der Waals surface area contributed by atoms with Crippen LogP contribution in [0.3, 0.4) is 0 Å². The molecular formula is C15H25I2N5O6. The molecule has 0 radical (unpaired) electrons. The summed E-state index contributed by atoms with van der Waals surface area (Å²) in [5.41, 5.74) is 14.6. The van der Waals surface area contributed by atoms with E-state index in [9.17, 15) is 14.4 Å². The first-order valence-corrected chi connectivity index (χ1v) is 10.9. The number of primary amides is 2. The summed E-state index contributed by atoms with van der Waals surface area (Å²) in [6.45, 7) is 0.529. The van der Waals surface area contributed by atoms with Crippen molar-refractivity contribution in [3.8, 4) is 0 Å². The number of ether oxygens (including phenoxy) is 3. The Morgan fingerprint density at radius 2 is 1.57 bits per heavy atom. The Morgan fingerprint density at radius 3 is 2.04 bits per heavy atom. The first-order chi connectivity index (χ1) is 13.0. The fraction of sp³-hybridized carbons (Fsp3) is 0.800. The highest BCUT2D eigenvalue weighted by molar-refractivity contribution is 14.2. The fourth-order valence-electron chi connectivity index (χ4n) is 3.42. The molecule has 28 heavy (non-hydrogen) atoms. The van der Waals surface area contributed by atoms with Gasteiger partial charge in [-0.25, -0.2) is 14.4 Å². The number of halogens is 2. The topological polar surface area (TPSA) is 181 Å². The molecule has 2 amide bonds. The number of hydrogen-bond donors (Lipinski definition) is 5. The predicted octanol–water partition coefficient (Wildman–Crippen LogP) is 0.0208. The van der Waals surface area contributed by atoms with Crippen molar-refractivity contribution in [3.05, 3.63) is 0 Å². The summed E-state index contributed by atoms with van der Waals surface area (Å²) in [6.07, 6.45) is 1.00. The van der Waals surface area contributed by atoms with Gasteiger partial charge < -0.3 is 25.7 Å². The Kier molecular flexibility index (Phi) is 7.97. The summed E-state index contributed by atoms with van der Waals surface area (Å²) in [5, 5.41) is 6.76. The Labute approximate surface area is 189 Å². The van der Waals surface area contributed by atoms with E-state index in [4.69, 9.17) is 31.4 Å². The van der Waals surface area contributed by atoms with Gasteiger partial charge in [0, 0.05) is 13.1 Å². The summed E-state index contributed by atoms with van der Waals surface area (Å²) in [7, 11) is 0. The van der Waals surface area contributed by atoms with Crippen LogP contribution < -0.4 is 27.8 Å². The zero-order valence-electron chi connectivity index (χ0n) is 15.2. The van der Waals surface area contributed by atoms with Crippen LogP contribution in [0, 0.1) is 5.41 Å². The Bertz CT molecular complexity index is 586. The van der Waals surface area contributed by atoms with E-state index in [2.05, 4.69) is 10.6 Å². The van der Waals surface area contributed by atoms with E-state index in [1.54, 1.807) is 0 Å². The number of amides is 2. The molecule has 1 heterocycles. The van der Waals surface area contributed by atoms with Crippen LogP contribution in [0.5, 0.6) is 0 Å². The van der Waals surface area contributed by atoms with Crippen molar-refractivity contribution in [1.29, 1.82) is 0 Å². The van der Waals surface area contributed by atoms with E-state index in [1.807, 2.05) is 45.2 Å². The Hall–Kier alpha value is -0.650. The molecule has 1 saturated heterocycles. The first kappa shape index (κ1) is 23.6. The molecule has 13 heteroatoms. The minimum absolute atomic E-state index is 0.0659. The third kappa shape index (κ3) is 6.17. The molecule has 1 aliphatic heterocycles. The Balaban J connectivity index is 2.11. The number of nitrogens with one attached hydrogen (secondary N) is 2. The van der Waals surface area contributed by atoms with Crippen molar-refractivity contribution in [2.24, 2.45) is 22.6 Å². The maximum absolute atomic E-state index is 12.3. The average molecular weight is 625 g/mol. The van der Waals surface area contributed by atoms with Crippen molar-refractivity contribution in [3.63, 3.8) is 0 Å². The van der Waals surface area contributed by atoms with Gasteiger partial charge in [-0.15, -0.1) is 0 Å². The smallest absolute Gasteiger partial charge is 0.404 e. The van der Waals surface area contributed by atoms with Gasteiger partial charge in [-0.3, -0.25) is 16.4 Å². The molecule has 1 aliphatic carbocycles. The zero-order valence-corrected chi connectivity index (χ0v) is 19.5. The molecule has 1 spiro atoms. The fourth-order valence-corrected chi connectivity index (χ4v) is 3.68. The number of nitrogens with two attached hydrogens (primary N) is 3. The minimum Gasteiger partial charge on any atom is -0.456 e. The lowest BCUT2D eigenvalue weighted by Gasteiger charge is -2.52. The minimum atomic E-state index is -1.16. The van der Waals surface area contributed by atoms with E-state index < -0.39 is 36.9 Å². The molecule has 0 aromatic heterocycles. The van der Waals surface area contributed by atoms with Gasteiger partial charge in [0.25, 0.3) is 0 Å². The average Bonchev–Trinajstić information content (AvgIpc) is 2.61. The van der Waals surface area contributed by atoms with Crippen molar-refractivity contribution in [2.75, 3.05) is 26.3 Å². The van der Waals surface area contributed by atoms with Crippen LogP contribution in [0.1, 0.15) is 25.7 Å². The second-order valence-electron chi connectivity index (χ2n) is 7.16.